The first-order valence-corrected chi connectivity index (χ1v) is 22.0. The lowest BCUT2D eigenvalue weighted by Gasteiger charge is -2.21. The Morgan fingerprint density at radius 3 is 2.04 bits per heavy atom. The van der Waals surface area contributed by atoms with Crippen LogP contribution in [0.2, 0.25) is 0 Å². The van der Waals surface area contributed by atoms with Crippen molar-refractivity contribution in [2.24, 2.45) is 17.5 Å². The van der Waals surface area contributed by atoms with Crippen molar-refractivity contribution < 1.29 is 57.1 Å². The number of allylic oxidation sites excluding steroid dienone is 1. The van der Waals surface area contributed by atoms with Gasteiger partial charge in [0.2, 0.25) is 23.7 Å². The lowest BCUT2D eigenvalue weighted by molar-refractivity contribution is -0.133. The van der Waals surface area contributed by atoms with Crippen LogP contribution in [0, 0.1) is 5.92 Å². The van der Waals surface area contributed by atoms with Gasteiger partial charge in [-0.2, -0.15) is 4.98 Å². The lowest BCUT2D eigenvalue weighted by Crippen LogP contribution is -2.52. The van der Waals surface area contributed by atoms with E-state index in [-0.39, 0.29) is 87.8 Å². The number of hydrogen-bond donors (Lipinski definition) is 8. The number of fused-ring (bicyclic) bond motifs is 1. The molecule has 0 radical (unpaired) electrons. The normalized spacial score (nSPS) is 14.6. The van der Waals surface area contributed by atoms with Crippen LogP contribution in [-0.4, -0.2) is 179 Å². The van der Waals surface area contributed by atoms with Gasteiger partial charge < -0.3 is 65.5 Å². The highest BCUT2D eigenvalue weighted by Gasteiger charge is 2.32. The maximum absolute atomic E-state index is 12.7. The number of aromatic amines is 1. The maximum atomic E-state index is 12.7. The number of nitrogens with one attached hydrogen (secondary N) is 5. The van der Waals surface area contributed by atoms with Crippen LogP contribution in [0.3, 0.4) is 0 Å². The first kappa shape index (κ1) is 59.7. The Hall–Kier alpha value is -5.32. The van der Waals surface area contributed by atoms with Gasteiger partial charge in [-0.3, -0.25) is 43.7 Å². The summed E-state index contributed by atoms with van der Waals surface area (Å²) in [4.78, 5) is 90.9. The van der Waals surface area contributed by atoms with Crippen LogP contribution in [0.5, 0.6) is 0 Å². The number of carbonyl (C=O) groups excluding carboxylic acids is 5. The van der Waals surface area contributed by atoms with Crippen LogP contribution in [0.25, 0.3) is 11.2 Å². The minimum atomic E-state index is -0.789. The Bertz CT molecular complexity index is 1870. The van der Waals surface area contributed by atoms with Crippen LogP contribution < -0.4 is 49.9 Å². The number of nitrogens with two attached hydrogens (primary N) is 3. The van der Waals surface area contributed by atoms with Crippen molar-refractivity contribution in [1.82, 2.24) is 45.4 Å². The van der Waals surface area contributed by atoms with E-state index in [1.807, 2.05) is 24.4 Å². The zero-order valence-corrected chi connectivity index (χ0v) is 39.5. The molecule has 0 spiro atoms. The highest BCUT2D eigenvalue weighted by atomic mass is 16.6. The molecule has 3 rings (SSSR count). The topological polar surface area (TPSA) is 352 Å². The number of carbonyl (C=O) groups is 5. The molecular weight excluding hydrogens is 885 g/mol. The average molecular weight is 959 g/mol. The minimum absolute atomic E-state index is 0.0872. The number of imidazole rings is 1. The molecule has 1 saturated heterocycles. The third kappa shape index (κ3) is 24.9. The van der Waals surface area contributed by atoms with Gasteiger partial charge in [-0.1, -0.05) is 33.3 Å². The number of amides is 4. The maximum Gasteiger partial charge on any atom is 0.332 e. The number of rotatable bonds is 32. The van der Waals surface area contributed by atoms with Gasteiger partial charge >= 0.3 is 5.69 Å². The summed E-state index contributed by atoms with van der Waals surface area (Å²) >= 11 is 0. The Labute approximate surface area is 390 Å². The van der Waals surface area contributed by atoms with Crippen LogP contribution in [0.15, 0.2) is 22.2 Å². The number of H-pyrrole nitrogens is 1. The van der Waals surface area contributed by atoms with Gasteiger partial charge in [0.25, 0.3) is 17.9 Å². The van der Waals surface area contributed by atoms with Gasteiger partial charge in [-0.05, 0) is 45.8 Å². The summed E-state index contributed by atoms with van der Waals surface area (Å²) in [6.45, 7) is 14.0. The molecule has 2 aromatic heterocycles. The van der Waals surface area contributed by atoms with Crippen molar-refractivity contribution >= 4 is 47.2 Å². The number of aromatic nitrogens is 4. The highest BCUT2D eigenvalue weighted by molar-refractivity contribution is 5.91. The van der Waals surface area contributed by atoms with Crippen LogP contribution in [-0.2, 0) is 63.7 Å². The third-order valence-corrected chi connectivity index (χ3v) is 9.11. The van der Waals surface area contributed by atoms with E-state index in [0.717, 1.165) is 6.54 Å². The Balaban J connectivity index is 0.000000652. The number of hydrogen-bond acceptors (Lipinski definition) is 19. The van der Waals surface area contributed by atoms with E-state index in [1.165, 1.54) is 28.1 Å². The highest BCUT2D eigenvalue weighted by Crippen LogP contribution is 2.29. The summed E-state index contributed by atoms with van der Waals surface area (Å²) < 4.78 is 39.3. The molecule has 1 aliphatic rings. The van der Waals surface area contributed by atoms with Crippen molar-refractivity contribution in [3.63, 3.8) is 0 Å². The molecule has 1 aliphatic heterocycles. The van der Waals surface area contributed by atoms with E-state index in [2.05, 4.69) is 39.4 Å². The molecular formula is C41H74N12O14. The van der Waals surface area contributed by atoms with Crippen LogP contribution in [0.1, 0.15) is 52.7 Å². The van der Waals surface area contributed by atoms with Gasteiger partial charge in [-0.15, -0.1) is 6.58 Å². The fourth-order valence-corrected chi connectivity index (χ4v) is 5.77. The molecule has 0 bridgehead atoms. The summed E-state index contributed by atoms with van der Waals surface area (Å²) in [6.07, 6.45) is 4.10. The zero-order valence-electron chi connectivity index (χ0n) is 39.5. The van der Waals surface area contributed by atoms with Crippen molar-refractivity contribution in [1.29, 1.82) is 0 Å². The second kappa shape index (κ2) is 35.8. The number of unbranched alkanes of at least 4 members (excludes halogenated alkanes) is 1. The summed E-state index contributed by atoms with van der Waals surface area (Å²) in [5.74, 6) is 3.08. The summed E-state index contributed by atoms with van der Waals surface area (Å²) in [7, 11) is 3.79. The van der Waals surface area contributed by atoms with Crippen molar-refractivity contribution in [2.45, 2.75) is 71.4 Å². The zero-order chi connectivity index (χ0) is 50.0. The molecule has 3 unspecified atom stereocenters. The molecule has 2 aromatic rings. The second-order valence-electron chi connectivity index (χ2n) is 15.2. The predicted molar refractivity (Wildman–Crippen MR) is 246 cm³/mol. The van der Waals surface area contributed by atoms with E-state index in [9.17, 15) is 33.6 Å². The number of anilines is 1. The largest absolute Gasteiger partial charge is 0.465 e. The third-order valence-electron chi connectivity index (χ3n) is 9.11. The number of nitrogen functional groups attached to an aromatic ring is 1. The summed E-state index contributed by atoms with van der Waals surface area (Å²) in [5.41, 5.74) is 12.0. The molecule has 11 N–H and O–H groups in total. The fourth-order valence-electron chi connectivity index (χ4n) is 5.77. The smallest absolute Gasteiger partial charge is 0.332 e. The Morgan fingerprint density at radius 2 is 1.54 bits per heavy atom. The molecule has 3 heterocycles. The molecule has 0 aliphatic carbocycles. The molecule has 4 amide bonds. The monoisotopic (exact) mass is 959 g/mol. The van der Waals surface area contributed by atoms with E-state index in [0.29, 0.717) is 65.4 Å². The molecule has 67 heavy (non-hydrogen) atoms. The van der Waals surface area contributed by atoms with E-state index < -0.39 is 41.2 Å². The Morgan fingerprint density at radius 1 is 0.940 bits per heavy atom. The number of nitrogens with zero attached hydrogens (tertiary/aromatic N) is 4. The van der Waals surface area contributed by atoms with E-state index in [1.54, 1.807) is 13.8 Å². The number of hydrazine groups is 1. The number of likely N-dealkylation sites (N-methyl/N-ethyl adjacent to an activating group) is 1. The first-order valence-electron chi connectivity index (χ1n) is 22.0. The van der Waals surface area contributed by atoms with Gasteiger partial charge in [0, 0.05) is 19.6 Å². The number of ether oxygens (including phenoxy) is 7. The van der Waals surface area contributed by atoms with Crippen molar-refractivity contribution in [3.05, 3.63) is 33.5 Å². The lowest BCUT2D eigenvalue weighted by atomic mass is 10.0. The van der Waals surface area contributed by atoms with Gasteiger partial charge in [0.15, 0.2) is 11.2 Å². The van der Waals surface area contributed by atoms with E-state index >= 15 is 0 Å². The van der Waals surface area contributed by atoms with Gasteiger partial charge in [0.1, 0.15) is 32.1 Å². The van der Waals surface area contributed by atoms with Crippen LogP contribution >= 0.6 is 0 Å². The molecule has 0 saturated carbocycles. The van der Waals surface area contributed by atoms with Crippen molar-refractivity contribution in [3.8, 4) is 0 Å². The summed E-state index contributed by atoms with van der Waals surface area (Å²) in [6, 6.07) is -0.789. The fraction of sp³-hybridized carbons (Fsp3) is 0.707. The van der Waals surface area contributed by atoms with Gasteiger partial charge in [-0.25, -0.2) is 15.2 Å². The first-order chi connectivity index (χ1) is 32.1. The summed E-state index contributed by atoms with van der Waals surface area (Å²) in [5, 5.41) is 7.89. The SMILES string of the molecule is C=CCn1c(=O)n(C2CCC(COC=O)O2)c2nc(N)[nH]c(=O)c21.CC(C)C(NC(=O)COCCOCCOCCOCCOCC(=O)NN)C(=O)NCC(=O)NCCN(C)C.CCCCN. The average Bonchev–Trinajstić information content (AvgIpc) is 3.86. The molecule has 1 fully saturated rings. The predicted octanol–water partition coefficient (Wildman–Crippen LogP) is -2.76. The molecule has 26 heteroatoms. The molecule has 3 atom stereocenters. The standard InChI is InChI=1S/C23H46N6O9.C14H17N5O5.C4H11N/c1-18(2)22(23(33)26-15-19(30)25-5-6-29(3)4)27-20(31)16-37-13-11-35-9-7-34-8-10-36-12-14-38-17-21(32)28-24;1-2-5-18-10-11(16-13(15)17-12(10)21)19(14(18)22)9-4-3-8(24-9)6-23-7-20;1-2-3-4-5/h18,22H,5-17,24H2,1-4H3,(H,25,30)(H,26,33)(H,27,31)(H,28,32);2,7-9H,1,3-6H2,(H3,15,16,17,21);2-5H2,1H3. The van der Waals surface area contributed by atoms with Crippen molar-refractivity contribution in [2.75, 3.05) is 119 Å². The Kier molecular flexibility index (Phi) is 31.9. The minimum Gasteiger partial charge on any atom is -0.465 e. The second-order valence-corrected chi connectivity index (χ2v) is 15.2. The molecule has 382 valence electrons. The van der Waals surface area contributed by atoms with Gasteiger partial charge in [0.05, 0.1) is 65.5 Å². The van der Waals surface area contributed by atoms with E-state index in [4.69, 9.17) is 50.5 Å². The molecule has 26 nitrogen and oxygen atoms in total. The quantitative estimate of drug-likeness (QED) is 0.00920. The van der Waals surface area contributed by atoms with Crippen LogP contribution in [0.4, 0.5) is 5.95 Å². The molecule has 0 aromatic carbocycles.